The van der Waals surface area contributed by atoms with Crippen molar-refractivity contribution >= 4 is 17.5 Å². The van der Waals surface area contributed by atoms with Crippen LogP contribution in [0.15, 0.2) is 42.5 Å². The van der Waals surface area contributed by atoms with Crippen LogP contribution in [0, 0.1) is 5.82 Å². The number of rotatable bonds is 5. The number of imide groups is 1. The van der Waals surface area contributed by atoms with E-state index in [1.807, 2.05) is 0 Å². The third-order valence-electron chi connectivity index (χ3n) is 3.51. The minimum absolute atomic E-state index is 0.0303. The molecule has 1 heterocycles. The molecule has 24 heavy (non-hydrogen) atoms. The predicted molar refractivity (Wildman–Crippen MR) is 84.6 cm³/mol. The van der Waals surface area contributed by atoms with Gasteiger partial charge in [-0.2, -0.15) is 0 Å². The van der Waals surface area contributed by atoms with Crippen LogP contribution in [0.3, 0.4) is 0 Å². The summed E-state index contributed by atoms with van der Waals surface area (Å²) in [7, 11) is 1.53. The smallest absolute Gasteiger partial charge is 0.249 e. The highest BCUT2D eigenvalue weighted by atomic mass is 19.1. The summed E-state index contributed by atoms with van der Waals surface area (Å²) in [6.45, 7) is 0. The average Bonchev–Trinajstić information content (AvgIpc) is 2.88. The van der Waals surface area contributed by atoms with Crippen molar-refractivity contribution in [1.82, 2.24) is 5.32 Å². The minimum atomic E-state index is -0.693. The highest BCUT2D eigenvalue weighted by Gasteiger charge is 2.30. The van der Waals surface area contributed by atoms with E-state index in [1.165, 1.54) is 19.2 Å². The number of hydrogen-bond acceptors (Lipinski definition) is 5. The van der Waals surface area contributed by atoms with Crippen molar-refractivity contribution in [3.8, 4) is 17.2 Å². The molecule has 2 aromatic rings. The van der Waals surface area contributed by atoms with Gasteiger partial charge in [-0.15, -0.1) is 0 Å². The molecule has 0 bridgehead atoms. The second kappa shape index (κ2) is 6.57. The highest BCUT2D eigenvalue weighted by Crippen LogP contribution is 2.29. The van der Waals surface area contributed by atoms with Crippen LogP contribution in [0.4, 0.5) is 10.1 Å². The fraction of sp³-hybridized carbons (Fsp3) is 0.176. The van der Waals surface area contributed by atoms with Gasteiger partial charge in [0.2, 0.25) is 11.8 Å². The van der Waals surface area contributed by atoms with E-state index < -0.39 is 17.8 Å². The standard InChI is InChI=1S/C17H15FN2O4/c1-23-11-3-2-4-12(8-11)24-15-6-5-10(7-13(15)18)19-14-9-16(21)20-17(14)22/h2-8,14,19H,9H2,1H3,(H,20,21,22). The van der Waals surface area contributed by atoms with Crippen molar-refractivity contribution < 1.29 is 23.5 Å². The van der Waals surface area contributed by atoms with Gasteiger partial charge >= 0.3 is 0 Å². The summed E-state index contributed by atoms with van der Waals surface area (Å²) in [6.07, 6.45) is 0.0303. The Kier molecular flexibility index (Phi) is 4.33. The summed E-state index contributed by atoms with van der Waals surface area (Å²) in [6, 6.07) is 10.4. The van der Waals surface area contributed by atoms with E-state index in [1.54, 1.807) is 30.3 Å². The molecule has 2 N–H and O–H groups in total. The van der Waals surface area contributed by atoms with Crippen molar-refractivity contribution in [2.24, 2.45) is 0 Å². The van der Waals surface area contributed by atoms with Gasteiger partial charge < -0.3 is 14.8 Å². The van der Waals surface area contributed by atoms with Gasteiger partial charge in [-0.25, -0.2) is 4.39 Å². The maximum atomic E-state index is 14.2. The maximum absolute atomic E-state index is 14.2. The molecule has 1 fully saturated rings. The normalized spacial score (nSPS) is 16.7. The second-order valence-corrected chi connectivity index (χ2v) is 5.24. The van der Waals surface area contributed by atoms with Crippen molar-refractivity contribution in [2.45, 2.75) is 12.5 Å². The molecule has 1 unspecified atom stereocenters. The van der Waals surface area contributed by atoms with E-state index in [4.69, 9.17) is 9.47 Å². The van der Waals surface area contributed by atoms with E-state index in [9.17, 15) is 14.0 Å². The molecule has 0 spiro atoms. The molecule has 1 aliphatic heterocycles. The van der Waals surface area contributed by atoms with Gasteiger partial charge in [-0.1, -0.05) is 6.07 Å². The number of anilines is 1. The zero-order valence-electron chi connectivity index (χ0n) is 12.8. The number of carbonyl (C=O) groups is 2. The van der Waals surface area contributed by atoms with Crippen LogP contribution >= 0.6 is 0 Å². The van der Waals surface area contributed by atoms with Crippen LogP contribution in [-0.2, 0) is 9.59 Å². The lowest BCUT2D eigenvalue weighted by atomic mass is 10.2. The number of benzene rings is 2. The minimum Gasteiger partial charge on any atom is -0.497 e. The van der Waals surface area contributed by atoms with Gasteiger partial charge in [0.1, 0.15) is 17.5 Å². The van der Waals surface area contributed by atoms with Gasteiger partial charge in [0.25, 0.3) is 0 Å². The SMILES string of the molecule is COc1cccc(Oc2ccc(NC3CC(=O)NC3=O)cc2F)c1. The van der Waals surface area contributed by atoms with Gasteiger partial charge in [0.05, 0.1) is 13.5 Å². The van der Waals surface area contributed by atoms with Crippen LogP contribution in [0.5, 0.6) is 17.2 Å². The molecule has 7 heteroatoms. The number of halogens is 1. The van der Waals surface area contributed by atoms with E-state index in [2.05, 4.69) is 10.6 Å². The molecule has 1 saturated heterocycles. The zero-order valence-corrected chi connectivity index (χ0v) is 12.8. The number of amides is 2. The van der Waals surface area contributed by atoms with Crippen LogP contribution in [0.2, 0.25) is 0 Å². The second-order valence-electron chi connectivity index (χ2n) is 5.24. The molecule has 3 rings (SSSR count). The zero-order chi connectivity index (χ0) is 17.1. The molecule has 2 amide bonds. The summed E-state index contributed by atoms with van der Waals surface area (Å²) in [5, 5.41) is 5.01. The fourth-order valence-corrected chi connectivity index (χ4v) is 2.34. The summed E-state index contributed by atoms with van der Waals surface area (Å²) in [4.78, 5) is 22.7. The first kappa shape index (κ1) is 15.8. The molecule has 6 nitrogen and oxygen atoms in total. The van der Waals surface area contributed by atoms with Crippen molar-refractivity contribution in [3.63, 3.8) is 0 Å². The van der Waals surface area contributed by atoms with Gasteiger partial charge in [0.15, 0.2) is 11.6 Å². The Morgan fingerprint density at radius 1 is 1.17 bits per heavy atom. The number of methoxy groups -OCH3 is 1. The largest absolute Gasteiger partial charge is 0.497 e. The van der Waals surface area contributed by atoms with Crippen molar-refractivity contribution in [3.05, 3.63) is 48.3 Å². The first-order valence-electron chi connectivity index (χ1n) is 7.27. The third kappa shape index (κ3) is 3.45. The van der Waals surface area contributed by atoms with Crippen LogP contribution < -0.4 is 20.1 Å². The van der Waals surface area contributed by atoms with Crippen LogP contribution in [-0.4, -0.2) is 25.0 Å². The Balaban J connectivity index is 1.72. The maximum Gasteiger partial charge on any atom is 0.249 e. The third-order valence-corrected chi connectivity index (χ3v) is 3.51. The quantitative estimate of drug-likeness (QED) is 0.824. The first-order chi connectivity index (χ1) is 11.5. The van der Waals surface area contributed by atoms with Gasteiger partial charge in [-0.05, 0) is 24.3 Å². The Labute approximate surface area is 137 Å². The molecular weight excluding hydrogens is 315 g/mol. The Morgan fingerprint density at radius 3 is 2.62 bits per heavy atom. The van der Waals surface area contributed by atoms with Crippen molar-refractivity contribution in [1.29, 1.82) is 0 Å². The number of carbonyl (C=O) groups excluding carboxylic acids is 2. The van der Waals surface area contributed by atoms with E-state index in [0.29, 0.717) is 17.2 Å². The summed E-state index contributed by atoms with van der Waals surface area (Å²) in [5.41, 5.74) is 0.389. The molecule has 0 aromatic heterocycles. The molecule has 0 saturated carbocycles. The summed E-state index contributed by atoms with van der Waals surface area (Å²) in [5.74, 6) is -0.279. The first-order valence-corrected chi connectivity index (χ1v) is 7.27. The number of hydrogen-bond donors (Lipinski definition) is 2. The van der Waals surface area contributed by atoms with Crippen LogP contribution in [0.1, 0.15) is 6.42 Å². The van der Waals surface area contributed by atoms with E-state index in [0.717, 1.165) is 0 Å². The topological polar surface area (TPSA) is 76.7 Å². The molecule has 1 aliphatic rings. The predicted octanol–water partition coefficient (Wildman–Crippen LogP) is 2.45. The Hall–Kier alpha value is -3.09. The summed E-state index contributed by atoms with van der Waals surface area (Å²) >= 11 is 0. The molecule has 0 radical (unpaired) electrons. The lowest BCUT2D eigenvalue weighted by Gasteiger charge is -2.13. The molecule has 124 valence electrons. The Bertz CT molecular complexity index is 794. The monoisotopic (exact) mass is 330 g/mol. The number of ether oxygens (including phenoxy) is 2. The molecule has 2 aromatic carbocycles. The Morgan fingerprint density at radius 2 is 1.96 bits per heavy atom. The number of nitrogens with one attached hydrogen (secondary N) is 2. The molecule has 0 aliphatic carbocycles. The van der Waals surface area contributed by atoms with Crippen LogP contribution in [0.25, 0.3) is 0 Å². The highest BCUT2D eigenvalue weighted by molar-refractivity contribution is 6.06. The molecular formula is C17H15FN2O4. The lowest BCUT2D eigenvalue weighted by Crippen LogP contribution is -2.30. The van der Waals surface area contributed by atoms with Gasteiger partial charge in [0, 0.05) is 17.8 Å². The van der Waals surface area contributed by atoms with E-state index >= 15 is 0 Å². The van der Waals surface area contributed by atoms with Crippen molar-refractivity contribution in [2.75, 3.05) is 12.4 Å². The average molecular weight is 330 g/mol. The van der Waals surface area contributed by atoms with Gasteiger partial charge in [-0.3, -0.25) is 14.9 Å². The fourth-order valence-electron chi connectivity index (χ4n) is 2.34. The lowest BCUT2D eigenvalue weighted by molar-refractivity contribution is -0.124. The molecule has 1 atom stereocenters. The summed E-state index contributed by atoms with van der Waals surface area (Å²) < 4.78 is 24.8. The van der Waals surface area contributed by atoms with E-state index in [-0.39, 0.29) is 18.1 Å².